The van der Waals surface area contributed by atoms with Crippen molar-refractivity contribution in [2.75, 3.05) is 0 Å². The lowest BCUT2D eigenvalue weighted by atomic mass is 9.90. The molecular formula is C10H19NO4. The quantitative estimate of drug-likeness (QED) is 0.690. The lowest BCUT2D eigenvalue weighted by Crippen LogP contribution is -2.30. The Labute approximate surface area is 89.9 Å². The molecule has 0 aromatic heterocycles. The van der Waals surface area contributed by atoms with Crippen LogP contribution >= 0.6 is 0 Å². The van der Waals surface area contributed by atoms with Crippen LogP contribution in [0, 0.1) is 5.41 Å². The number of hydrogen-bond donors (Lipinski definition) is 2. The zero-order chi connectivity index (χ0) is 12.6. The molecule has 0 aromatic rings. The average Bonchev–Trinajstić information content (AvgIpc) is 2.02. The van der Waals surface area contributed by atoms with Gasteiger partial charge in [0.25, 0.3) is 0 Å². The zero-order valence-corrected chi connectivity index (χ0v) is 9.61. The van der Waals surface area contributed by atoms with E-state index in [1.165, 1.54) is 0 Å². The van der Waals surface area contributed by atoms with E-state index in [2.05, 4.69) is 6.58 Å². The number of ether oxygens (including phenoxy) is 1. The van der Waals surface area contributed by atoms with Gasteiger partial charge in [-0.15, -0.1) is 0 Å². The van der Waals surface area contributed by atoms with Crippen molar-refractivity contribution in [2.24, 2.45) is 11.1 Å². The summed E-state index contributed by atoms with van der Waals surface area (Å²) < 4.78 is 4.75. The van der Waals surface area contributed by atoms with Crippen LogP contribution in [-0.2, 0) is 9.53 Å². The second-order valence-corrected chi connectivity index (χ2v) is 3.99. The van der Waals surface area contributed by atoms with E-state index in [-0.39, 0.29) is 11.5 Å². The fourth-order valence-electron chi connectivity index (χ4n) is 0.351. The fraction of sp³-hybridized carbons (Fsp3) is 0.600. The maximum absolute atomic E-state index is 10.3. The molecule has 0 heterocycles. The van der Waals surface area contributed by atoms with E-state index in [1.54, 1.807) is 0 Å². The van der Waals surface area contributed by atoms with Crippen LogP contribution in [0.1, 0.15) is 27.7 Å². The van der Waals surface area contributed by atoms with Crippen molar-refractivity contribution in [2.45, 2.75) is 33.8 Å². The molecule has 0 aromatic carbocycles. The largest absolute Gasteiger partial charge is 0.478 e. The molecule has 1 unspecified atom stereocenters. The minimum Gasteiger partial charge on any atom is -0.478 e. The van der Waals surface area contributed by atoms with Crippen LogP contribution in [0.5, 0.6) is 0 Å². The predicted molar refractivity (Wildman–Crippen MR) is 57.4 cm³/mol. The summed E-state index contributed by atoms with van der Waals surface area (Å²) in [6.45, 7) is 10.7. The van der Waals surface area contributed by atoms with Crippen LogP contribution in [-0.4, -0.2) is 23.3 Å². The average molecular weight is 217 g/mol. The number of carbonyl (C=O) groups is 2. The number of carboxylic acids is 1. The lowest BCUT2D eigenvalue weighted by Gasteiger charge is -2.25. The highest BCUT2D eigenvalue weighted by Crippen LogP contribution is 2.21. The molecule has 0 aliphatic carbocycles. The molecule has 1 amide bonds. The van der Waals surface area contributed by atoms with Gasteiger partial charge >= 0.3 is 12.1 Å². The number of nitrogens with two attached hydrogens (primary N) is 1. The molecule has 1 atom stereocenters. The van der Waals surface area contributed by atoms with Gasteiger partial charge in [-0.2, -0.15) is 0 Å². The SMILES string of the molecule is C=CC(=O)O.CC(OC(N)=O)C(C)(C)C. The Morgan fingerprint density at radius 2 is 1.80 bits per heavy atom. The van der Waals surface area contributed by atoms with Gasteiger partial charge in [0.15, 0.2) is 0 Å². The topological polar surface area (TPSA) is 89.6 Å². The Morgan fingerprint density at radius 1 is 1.47 bits per heavy atom. The monoisotopic (exact) mass is 217 g/mol. The van der Waals surface area contributed by atoms with Crippen molar-refractivity contribution in [1.29, 1.82) is 0 Å². The fourth-order valence-corrected chi connectivity index (χ4v) is 0.351. The number of amides is 1. The first-order chi connectivity index (χ1) is 6.61. The van der Waals surface area contributed by atoms with Gasteiger partial charge in [-0.05, 0) is 12.3 Å². The van der Waals surface area contributed by atoms with Crippen LogP contribution in [0.15, 0.2) is 12.7 Å². The first kappa shape index (κ1) is 15.9. The van der Waals surface area contributed by atoms with Gasteiger partial charge < -0.3 is 15.6 Å². The van der Waals surface area contributed by atoms with Crippen LogP contribution in [0.3, 0.4) is 0 Å². The van der Waals surface area contributed by atoms with Crippen molar-refractivity contribution in [3.63, 3.8) is 0 Å². The summed E-state index contributed by atoms with van der Waals surface area (Å²) >= 11 is 0. The number of rotatable bonds is 2. The van der Waals surface area contributed by atoms with E-state index < -0.39 is 12.1 Å². The minimum atomic E-state index is -0.981. The van der Waals surface area contributed by atoms with Crippen LogP contribution in [0.25, 0.3) is 0 Å². The Bertz CT molecular complexity index is 230. The van der Waals surface area contributed by atoms with Gasteiger partial charge in [0.1, 0.15) is 6.10 Å². The Balaban J connectivity index is 0. The molecule has 0 aliphatic rings. The molecule has 5 nitrogen and oxygen atoms in total. The maximum atomic E-state index is 10.3. The lowest BCUT2D eigenvalue weighted by molar-refractivity contribution is -0.131. The summed E-state index contributed by atoms with van der Waals surface area (Å²) in [4.78, 5) is 19.5. The third-order valence-corrected chi connectivity index (χ3v) is 1.69. The highest BCUT2D eigenvalue weighted by atomic mass is 16.6. The van der Waals surface area contributed by atoms with Gasteiger partial charge in [-0.3, -0.25) is 0 Å². The molecule has 0 rings (SSSR count). The Kier molecular flexibility index (Phi) is 7.29. The number of aliphatic carboxylic acids is 1. The second kappa shape index (κ2) is 6.86. The van der Waals surface area contributed by atoms with Gasteiger partial charge in [0.2, 0.25) is 0 Å². The molecular weight excluding hydrogens is 198 g/mol. The van der Waals surface area contributed by atoms with E-state index in [0.717, 1.165) is 6.08 Å². The van der Waals surface area contributed by atoms with E-state index >= 15 is 0 Å². The van der Waals surface area contributed by atoms with E-state index in [9.17, 15) is 9.59 Å². The van der Waals surface area contributed by atoms with Crippen LogP contribution < -0.4 is 5.73 Å². The normalized spacial score (nSPS) is 11.7. The highest BCUT2D eigenvalue weighted by molar-refractivity contribution is 5.78. The molecule has 3 N–H and O–H groups in total. The van der Waals surface area contributed by atoms with Gasteiger partial charge in [-0.1, -0.05) is 27.4 Å². The van der Waals surface area contributed by atoms with Crippen LogP contribution in [0.2, 0.25) is 0 Å². The van der Waals surface area contributed by atoms with Crippen molar-refractivity contribution in [1.82, 2.24) is 0 Å². The van der Waals surface area contributed by atoms with Gasteiger partial charge in [-0.25, -0.2) is 9.59 Å². The third kappa shape index (κ3) is 12.5. The highest BCUT2D eigenvalue weighted by Gasteiger charge is 2.22. The molecule has 5 heteroatoms. The summed E-state index contributed by atoms with van der Waals surface area (Å²) in [7, 11) is 0. The van der Waals surface area contributed by atoms with Crippen molar-refractivity contribution >= 4 is 12.1 Å². The van der Waals surface area contributed by atoms with Crippen molar-refractivity contribution in [3.8, 4) is 0 Å². The minimum absolute atomic E-state index is 0.0327. The van der Waals surface area contributed by atoms with E-state index in [1.807, 2.05) is 27.7 Å². The number of carbonyl (C=O) groups excluding carboxylic acids is 1. The molecule has 0 fully saturated rings. The van der Waals surface area contributed by atoms with Crippen LogP contribution in [0.4, 0.5) is 4.79 Å². The smallest absolute Gasteiger partial charge is 0.404 e. The number of primary amides is 1. The summed E-state index contributed by atoms with van der Waals surface area (Å²) in [6, 6.07) is 0. The molecule has 0 saturated carbocycles. The molecule has 88 valence electrons. The zero-order valence-electron chi connectivity index (χ0n) is 9.61. The summed E-state index contributed by atoms with van der Waals surface area (Å²) in [6.07, 6.45) is -0.00701. The summed E-state index contributed by atoms with van der Waals surface area (Å²) in [5.41, 5.74) is 4.80. The molecule has 0 saturated heterocycles. The van der Waals surface area contributed by atoms with Gasteiger partial charge in [0, 0.05) is 6.08 Å². The van der Waals surface area contributed by atoms with Crippen molar-refractivity contribution in [3.05, 3.63) is 12.7 Å². The third-order valence-electron chi connectivity index (χ3n) is 1.69. The van der Waals surface area contributed by atoms with E-state index in [4.69, 9.17) is 15.6 Å². The summed E-state index contributed by atoms with van der Waals surface area (Å²) in [5.74, 6) is -0.981. The Hall–Kier alpha value is -1.52. The molecule has 0 bridgehead atoms. The maximum Gasteiger partial charge on any atom is 0.404 e. The molecule has 0 radical (unpaired) electrons. The molecule has 0 spiro atoms. The van der Waals surface area contributed by atoms with E-state index in [0.29, 0.717) is 0 Å². The first-order valence-electron chi connectivity index (χ1n) is 4.42. The predicted octanol–water partition coefficient (Wildman–Crippen LogP) is 1.77. The molecule has 0 aliphatic heterocycles. The Morgan fingerprint density at radius 3 is 1.87 bits per heavy atom. The first-order valence-corrected chi connectivity index (χ1v) is 4.42. The molecule has 15 heavy (non-hydrogen) atoms. The van der Waals surface area contributed by atoms with Gasteiger partial charge in [0.05, 0.1) is 0 Å². The number of hydrogen-bond acceptors (Lipinski definition) is 3. The standard InChI is InChI=1S/C7H15NO2.C3H4O2/c1-5(7(2,3)4)10-6(8)9;1-2-3(4)5/h5H,1-4H3,(H2,8,9);2H,1H2,(H,4,5). The number of carboxylic acid groups (broad SMARTS) is 1. The second-order valence-electron chi connectivity index (χ2n) is 3.99. The summed E-state index contributed by atoms with van der Waals surface area (Å²) in [5, 5.41) is 7.60. The van der Waals surface area contributed by atoms with Crippen molar-refractivity contribution < 1.29 is 19.4 Å².